The minimum Gasteiger partial charge on any atom is -0.492 e. The molecule has 3 aromatic rings. The SMILES string of the molecule is O=C(Oc1ccc(C(=O)NS(=O)(=O)c2ccc(C(=O)NCCOc3ccccc3)cc2)cn1)OC1CCCCC1. The molecule has 0 saturated heterocycles. The van der Waals surface area contributed by atoms with Gasteiger partial charge in [-0.1, -0.05) is 24.6 Å². The monoisotopic (exact) mass is 567 g/mol. The molecule has 0 unspecified atom stereocenters. The minimum atomic E-state index is -4.23. The number of aromatic nitrogens is 1. The molecule has 11 nitrogen and oxygen atoms in total. The second-order valence-electron chi connectivity index (χ2n) is 8.99. The summed E-state index contributed by atoms with van der Waals surface area (Å²) in [6.07, 6.45) is 4.71. The van der Waals surface area contributed by atoms with E-state index in [-0.39, 0.29) is 41.2 Å². The minimum absolute atomic E-state index is 0.0645. The number of carbonyl (C=O) groups excluding carboxylic acids is 3. The fraction of sp³-hybridized carbons (Fsp3) is 0.286. The quantitative estimate of drug-likeness (QED) is 0.275. The predicted octanol–water partition coefficient (Wildman–Crippen LogP) is 3.86. The van der Waals surface area contributed by atoms with Crippen molar-refractivity contribution >= 4 is 28.0 Å². The van der Waals surface area contributed by atoms with Gasteiger partial charge in [-0.25, -0.2) is 22.9 Å². The van der Waals surface area contributed by atoms with E-state index in [1.165, 1.54) is 36.4 Å². The smallest absolute Gasteiger partial charge is 0.492 e. The number of benzene rings is 2. The zero-order valence-electron chi connectivity index (χ0n) is 21.6. The van der Waals surface area contributed by atoms with Gasteiger partial charge in [0.25, 0.3) is 21.8 Å². The Labute approximate surface area is 231 Å². The lowest BCUT2D eigenvalue weighted by Crippen LogP contribution is -2.31. The molecule has 1 fully saturated rings. The van der Waals surface area contributed by atoms with Gasteiger partial charge in [0.2, 0.25) is 5.88 Å². The molecule has 2 N–H and O–H groups in total. The molecule has 2 aromatic carbocycles. The van der Waals surface area contributed by atoms with Gasteiger partial charge in [-0.05, 0) is 68.1 Å². The van der Waals surface area contributed by atoms with Crippen LogP contribution in [0.1, 0.15) is 52.8 Å². The van der Waals surface area contributed by atoms with Crippen molar-refractivity contribution in [3.8, 4) is 11.6 Å². The Hall–Kier alpha value is -4.45. The first kappa shape index (κ1) is 28.6. The second kappa shape index (κ2) is 13.6. The molecular formula is C28H29N3O8S. The highest BCUT2D eigenvalue weighted by Gasteiger charge is 2.21. The van der Waals surface area contributed by atoms with Crippen LogP contribution < -0.4 is 19.5 Å². The number of pyridine rings is 1. The fourth-order valence-electron chi connectivity index (χ4n) is 3.98. The Kier molecular flexibility index (Phi) is 9.68. The van der Waals surface area contributed by atoms with E-state index < -0.39 is 28.0 Å². The molecule has 0 bridgehead atoms. The number of ether oxygens (including phenoxy) is 3. The van der Waals surface area contributed by atoms with Crippen LogP contribution in [0, 0.1) is 0 Å². The maximum atomic E-state index is 12.7. The Bertz CT molecular complexity index is 1410. The molecule has 0 radical (unpaired) electrons. The lowest BCUT2D eigenvalue weighted by Gasteiger charge is -2.20. The molecule has 1 aliphatic rings. The molecule has 4 rings (SSSR count). The van der Waals surface area contributed by atoms with E-state index in [2.05, 4.69) is 10.3 Å². The zero-order chi connectivity index (χ0) is 28.4. The molecule has 0 atom stereocenters. The van der Waals surface area contributed by atoms with Crippen LogP contribution in [-0.4, -0.2) is 50.6 Å². The van der Waals surface area contributed by atoms with Gasteiger partial charge in [0.1, 0.15) is 18.5 Å². The molecule has 1 saturated carbocycles. The van der Waals surface area contributed by atoms with Crippen molar-refractivity contribution < 1.29 is 37.0 Å². The summed E-state index contributed by atoms with van der Waals surface area (Å²) in [6.45, 7) is 0.518. The Morgan fingerprint density at radius 3 is 2.23 bits per heavy atom. The molecule has 1 heterocycles. The van der Waals surface area contributed by atoms with Gasteiger partial charge in [-0.3, -0.25) is 9.59 Å². The summed E-state index contributed by atoms with van der Waals surface area (Å²) in [6, 6.07) is 16.8. The molecular weight excluding hydrogens is 538 g/mol. The number of hydrogen-bond donors (Lipinski definition) is 2. The lowest BCUT2D eigenvalue weighted by atomic mass is 9.98. The van der Waals surface area contributed by atoms with Crippen LogP contribution in [0.2, 0.25) is 0 Å². The molecule has 0 aliphatic heterocycles. The number of nitrogens with one attached hydrogen (secondary N) is 2. The zero-order valence-corrected chi connectivity index (χ0v) is 22.4. The first-order valence-electron chi connectivity index (χ1n) is 12.8. The predicted molar refractivity (Wildman–Crippen MR) is 144 cm³/mol. The van der Waals surface area contributed by atoms with Crippen LogP contribution in [0.4, 0.5) is 4.79 Å². The van der Waals surface area contributed by atoms with E-state index in [0.717, 1.165) is 38.3 Å². The van der Waals surface area contributed by atoms with Crippen LogP contribution >= 0.6 is 0 Å². The number of nitrogens with zero attached hydrogens (tertiary/aromatic N) is 1. The summed E-state index contributed by atoms with van der Waals surface area (Å²) in [5.41, 5.74) is 0.178. The summed E-state index contributed by atoms with van der Waals surface area (Å²) in [5.74, 6) is -0.728. The molecule has 1 aromatic heterocycles. The molecule has 210 valence electrons. The van der Waals surface area contributed by atoms with Crippen molar-refractivity contribution in [2.45, 2.75) is 43.1 Å². The first-order valence-corrected chi connectivity index (χ1v) is 14.3. The summed E-state index contributed by atoms with van der Waals surface area (Å²) >= 11 is 0. The van der Waals surface area contributed by atoms with E-state index in [0.29, 0.717) is 5.75 Å². The highest BCUT2D eigenvalue weighted by molar-refractivity contribution is 7.90. The van der Waals surface area contributed by atoms with Gasteiger partial charge in [0.05, 0.1) is 17.0 Å². The number of rotatable bonds is 10. The Morgan fingerprint density at radius 1 is 0.850 bits per heavy atom. The molecule has 1 aliphatic carbocycles. The Balaban J connectivity index is 1.25. The van der Waals surface area contributed by atoms with Crippen molar-refractivity contribution in [1.82, 2.24) is 15.0 Å². The van der Waals surface area contributed by atoms with Crippen molar-refractivity contribution in [3.63, 3.8) is 0 Å². The first-order chi connectivity index (χ1) is 19.3. The van der Waals surface area contributed by atoms with Crippen LogP contribution in [0.5, 0.6) is 11.6 Å². The van der Waals surface area contributed by atoms with Crippen LogP contribution in [-0.2, 0) is 14.8 Å². The van der Waals surface area contributed by atoms with E-state index in [9.17, 15) is 22.8 Å². The number of sulfonamides is 1. The normalized spacial score (nSPS) is 13.6. The highest BCUT2D eigenvalue weighted by atomic mass is 32.2. The third-order valence-corrected chi connectivity index (χ3v) is 7.40. The largest absolute Gasteiger partial charge is 0.515 e. The third kappa shape index (κ3) is 8.27. The lowest BCUT2D eigenvalue weighted by molar-refractivity contribution is 0.0407. The number of hydrogen-bond acceptors (Lipinski definition) is 9. The van der Waals surface area contributed by atoms with Crippen molar-refractivity contribution in [1.29, 1.82) is 0 Å². The van der Waals surface area contributed by atoms with Gasteiger partial charge in [0.15, 0.2) is 0 Å². The number of carbonyl (C=O) groups is 3. The van der Waals surface area contributed by atoms with Crippen molar-refractivity contribution in [3.05, 3.63) is 84.1 Å². The van der Waals surface area contributed by atoms with E-state index in [4.69, 9.17) is 14.2 Å². The molecule has 0 spiro atoms. The second-order valence-corrected chi connectivity index (χ2v) is 10.7. The Morgan fingerprint density at radius 2 is 1.55 bits per heavy atom. The molecule has 12 heteroatoms. The maximum absolute atomic E-state index is 12.7. The van der Waals surface area contributed by atoms with Crippen molar-refractivity contribution in [2.75, 3.05) is 13.2 Å². The number of amides is 2. The van der Waals surface area contributed by atoms with Gasteiger partial charge in [-0.15, -0.1) is 0 Å². The van der Waals surface area contributed by atoms with Crippen LogP contribution in [0.25, 0.3) is 0 Å². The fourth-order valence-corrected chi connectivity index (χ4v) is 4.96. The topological polar surface area (TPSA) is 150 Å². The van der Waals surface area contributed by atoms with E-state index in [1.807, 2.05) is 22.9 Å². The molecule has 40 heavy (non-hydrogen) atoms. The van der Waals surface area contributed by atoms with Gasteiger partial charge < -0.3 is 19.5 Å². The number of para-hydroxylation sites is 1. The summed E-state index contributed by atoms with van der Waals surface area (Å²) < 4.78 is 43.1. The molecule has 2 amide bonds. The van der Waals surface area contributed by atoms with Crippen molar-refractivity contribution in [2.24, 2.45) is 0 Å². The van der Waals surface area contributed by atoms with Gasteiger partial charge in [-0.2, -0.15) is 0 Å². The van der Waals surface area contributed by atoms with Gasteiger partial charge >= 0.3 is 6.16 Å². The van der Waals surface area contributed by atoms with Crippen LogP contribution in [0.15, 0.2) is 77.8 Å². The standard InChI is InChI=1S/C28H29N3O8S/c32-26(29-17-18-37-22-7-3-1-4-8-22)20-11-14-24(15-12-20)40(35,36)31-27(33)21-13-16-25(30-19-21)39-28(34)38-23-9-5-2-6-10-23/h1,3-4,7-8,11-16,19,23H,2,5-6,9-10,17-18H2,(H,29,32)(H,31,33). The van der Waals surface area contributed by atoms with E-state index in [1.54, 1.807) is 12.1 Å². The van der Waals surface area contributed by atoms with Crippen LogP contribution in [0.3, 0.4) is 0 Å². The summed E-state index contributed by atoms with van der Waals surface area (Å²) in [7, 11) is -4.23. The summed E-state index contributed by atoms with van der Waals surface area (Å²) in [4.78, 5) is 40.5. The van der Waals surface area contributed by atoms with Gasteiger partial charge in [0, 0.05) is 17.8 Å². The average Bonchev–Trinajstić information content (AvgIpc) is 2.96. The summed E-state index contributed by atoms with van der Waals surface area (Å²) in [5, 5.41) is 2.69. The highest BCUT2D eigenvalue weighted by Crippen LogP contribution is 2.21. The third-order valence-electron chi connectivity index (χ3n) is 6.05. The van der Waals surface area contributed by atoms with E-state index >= 15 is 0 Å². The average molecular weight is 568 g/mol. The maximum Gasteiger partial charge on any atom is 0.515 e.